The van der Waals surface area contributed by atoms with Gasteiger partial charge in [-0.05, 0) is 17.7 Å². The number of alkyl halides is 3. The maximum Gasteiger partial charge on any atom is 0.416 e. The standard InChI is InChI=1S/C10H7F3N2/c11-10(12,13)8-3-1-7(2-4-8)9(15)5-6-14/h1-5H,15H2/b9-5-. The first-order valence-corrected chi connectivity index (χ1v) is 3.98. The van der Waals surface area contributed by atoms with Gasteiger partial charge >= 0.3 is 6.18 Å². The summed E-state index contributed by atoms with van der Waals surface area (Å²) in [6.07, 6.45) is -3.28. The largest absolute Gasteiger partial charge is 0.416 e. The maximum absolute atomic E-state index is 12.2. The predicted molar refractivity (Wildman–Crippen MR) is 49.2 cm³/mol. The Balaban J connectivity index is 3.02. The number of hydrogen-bond donors (Lipinski definition) is 1. The molecule has 0 radical (unpaired) electrons. The fourth-order valence-corrected chi connectivity index (χ4v) is 1.00. The minimum atomic E-state index is -4.35. The molecule has 0 unspecified atom stereocenters. The van der Waals surface area contributed by atoms with Gasteiger partial charge in [-0.15, -0.1) is 0 Å². The first-order chi connectivity index (χ1) is 6.95. The van der Waals surface area contributed by atoms with E-state index in [4.69, 9.17) is 11.0 Å². The van der Waals surface area contributed by atoms with Gasteiger partial charge in [0.25, 0.3) is 0 Å². The van der Waals surface area contributed by atoms with E-state index in [0.717, 1.165) is 18.2 Å². The monoisotopic (exact) mass is 212 g/mol. The number of nitriles is 1. The highest BCUT2D eigenvalue weighted by Crippen LogP contribution is 2.29. The average Bonchev–Trinajstić information content (AvgIpc) is 2.17. The van der Waals surface area contributed by atoms with E-state index in [0.29, 0.717) is 5.56 Å². The van der Waals surface area contributed by atoms with Crippen LogP contribution in [0.4, 0.5) is 13.2 Å². The second-order valence-electron chi connectivity index (χ2n) is 2.80. The number of allylic oxidation sites excluding steroid dienone is 1. The zero-order valence-electron chi connectivity index (χ0n) is 7.55. The highest BCUT2D eigenvalue weighted by Gasteiger charge is 2.29. The average molecular weight is 212 g/mol. The molecule has 0 aromatic heterocycles. The Bertz CT molecular complexity index is 410. The summed E-state index contributed by atoms with van der Waals surface area (Å²) in [5.41, 5.74) is 5.22. The van der Waals surface area contributed by atoms with Crippen LogP contribution < -0.4 is 5.73 Å². The van der Waals surface area contributed by atoms with Gasteiger partial charge in [0, 0.05) is 11.8 Å². The molecule has 2 nitrogen and oxygen atoms in total. The van der Waals surface area contributed by atoms with E-state index >= 15 is 0 Å². The van der Waals surface area contributed by atoms with Crippen molar-refractivity contribution in [2.75, 3.05) is 0 Å². The topological polar surface area (TPSA) is 49.8 Å². The molecule has 0 bridgehead atoms. The third-order valence-corrected chi connectivity index (χ3v) is 1.77. The summed E-state index contributed by atoms with van der Waals surface area (Å²) in [4.78, 5) is 0. The lowest BCUT2D eigenvalue weighted by Crippen LogP contribution is -2.05. The zero-order chi connectivity index (χ0) is 11.5. The molecule has 2 N–H and O–H groups in total. The zero-order valence-corrected chi connectivity index (χ0v) is 7.55. The molecule has 15 heavy (non-hydrogen) atoms. The van der Waals surface area contributed by atoms with E-state index in [-0.39, 0.29) is 5.70 Å². The van der Waals surface area contributed by atoms with Gasteiger partial charge in [-0.1, -0.05) is 12.1 Å². The van der Waals surface area contributed by atoms with Crippen LogP contribution in [-0.2, 0) is 6.18 Å². The van der Waals surface area contributed by atoms with E-state index in [2.05, 4.69) is 0 Å². The van der Waals surface area contributed by atoms with Gasteiger partial charge in [0.1, 0.15) is 0 Å². The van der Waals surface area contributed by atoms with Crippen molar-refractivity contribution in [2.45, 2.75) is 6.18 Å². The Hall–Kier alpha value is -1.96. The number of halogens is 3. The summed E-state index contributed by atoms with van der Waals surface area (Å²) in [5.74, 6) is 0. The molecule has 0 saturated heterocycles. The van der Waals surface area contributed by atoms with Crippen LogP contribution in [0.5, 0.6) is 0 Å². The van der Waals surface area contributed by atoms with Crippen LogP contribution >= 0.6 is 0 Å². The Morgan fingerprint density at radius 2 is 1.80 bits per heavy atom. The second-order valence-corrected chi connectivity index (χ2v) is 2.80. The van der Waals surface area contributed by atoms with E-state index in [1.165, 1.54) is 12.1 Å². The van der Waals surface area contributed by atoms with Crippen LogP contribution in [-0.4, -0.2) is 0 Å². The first-order valence-electron chi connectivity index (χ1n) is 3.98. The molecule has 0 amide bonds. The molecular weight excluding hydrogens is 205 g/mol. The number of nitrogens with two attached hydrogens (primary N) is 1. The highest BCUT2D eigenvalue weighted by molar-refractivity contribution is 5.64. The number of nitrogens with zero attached hydrogens (tertiary/aromatic N) is 1. The molecule has 0 atom stereocenters. The molecular formula is C10H7F3N2. The predicted octanol–water partition coefficient (Wildman–Crippen LogP) is 2.53. The Morgan fingerprint density at radius 1 is 1.27 bits per heavy atom. The molecule has 0 saturated carbocycles. The smallest absolute Gasteiger partial charge is 0.398 e. The fraction of sp³-hybridized carbons (Fsp3) is 0.100. The fourth-order valence-electron chi connectivity index (χ4n) is 1.00. The van der Waals surface area contributed by atoms with Gasteiger partial charge in [-0.3, -0.25) is 0 Å². The third-order valence-electron chi connectivity index (χ3n) is 1.77. The molecule has 0 aliphatic rings. The first kappa shape index (κ1) is 11.1. The summed E-state index contributed by atoms with van der Waals surface area (Å²) in [5, 5.41) is 8.30. The van der Waals surface area contributed by atoms with E-state index < -0.39 is 11.7 Å². The summed E-state index contributed by atoms with van der Waals surface area (Å²) in [6.45, 7) is 0. The molecule has 1 aromatic rings. The van der Waals surface area contributed by atoms with Crippen molar-refractivity contribution in [3.8, 4) is 6.07 Å². The molecule has 0 aliphatic carbocycles. The van der Waals surface area contributed by atoms with Crippen molar-refractivity contribution >= 4 is 5.70 Å². The highest BCUT2D eigenvalue weighted by atomic mass is 19.4. The van der Waals surface area contributed by atoms with Crippen LogP contribution in [0.2, 0.25) is 0 Å². The van der Waals surface area contributed by atoms with E-state index in [9.17, 15) is 13.2 Å². The van der Waals surface area contributed by atoms with Crippen molar-refractivity contribution in [1.82, 2.24) is 0 Å². The maximum atomic E-state index is 12.2. The van der Waals surface area contributed by atoms with Crippen LogP contribution in [0.3, 0.4) is 0 Å². The minimum Gasteiger partial charge on any atom is -0.398 e. The molecule has 1 aromatic carbocycles. The Labute approximate surface area is 84.4 Å². The quantitative estimate of drug-likeness (QED) is 0.727. The summed E-state index contributed by atoms with van der Waals surface area (Å²) >= 11 is 0. The van der Waals surface area contributed by atoms with Gasteiger partial charge in [-0.2, -0.15) is 18.4 Å². The van der Waals surface area contributed by atoms with Crippen LogP contribution in [0.25, 0.3) is 5.70 Å². The van der Waals surface area contributed by atoms with Crippen molar-refractivity contribution in [1.29, 1.82) is 5.26 Å². The minimum absolute atomic E-state index is 0.145. The van der Waals surface area contributed by atoms with Crippen molar-refractivity contribution in [3.05, 3.63) is 41.5 Å². The Morgan fingerprint density at radius 3 is 2.20 bits per heavy atom. The SMILES string of the molecule is N#C/C=C(\N)c1ccc(C(F)(F)F)cc1. The molecule has 1 rings (SSSR count). The van der Waals surface area contributed by atoms with Crippen LogP contribution in [0.15, 0.2) is 30.3 Å². The van der Waals surface area contributed by atoms with Crippen molar-refractivity contribution in [3.63, 3.8) is 0 Å². The van der Waals surface area contributed by atoms with E-state index in [1.54, 1.807) is 6.07 Å². The van der Waals surface area contributed by atoms with Gasteiger partial charge < -0.3 is 5.73 Å². The number of benzene rings is 1. The lowest BCUT2D eigenvalue weighted by molar-refractivity contribution is -0.137. The lowest BCUT2D eigenvalue weighted by atomic mass is 10.1. The molecule has 78 valence electrons. The van der Waals surface area contributed by atoms with Crippen LogP contribution in [0, 0.1) is 11.3 Å². The van der Waals surface area contributed by atoms with Gasteiger partial charge in [0.2, 0.25) is 0 Å². The second kappa shape index (κ2) is 4.05. The van der Waals surface area contributed by atoms with Crippen molar-refractivity contribution < 1.29 is 13.2 Å². The molecule has 0 spiro atoms. The van der Waals surface area contributed by atoms with Crippen LogP contribution in [0.1, 0.15) is 11.1 Å². The summed E-state index contributed by atoms with van der Waals surface area (Å²) in [7, 11) is 0. The van der Waals surface area contributed by atoms with Gasteiger partial charge in [-0.25, -0.2) is 0 Å². The number of rotatable bonds is 1. The lowest BCUT2D eigenvalue weighted by Gasteiger charge is -2.07. The van der Waals surface area contributed by atoms with Crippen molar-refractivity contribution in [2.24, 2.45) is 5.73 Å². The molecule has 0 aliphatic heterocycles. The summed E-state index contributed by atoms with van der Waals surface area (Å²) in [6, 6.07) is 6.01. The Kier molecular flexibility index (Phi) is 3.00. The third kappa shape index (κ3) is 2.74. The summed E-state index contributed by atoms with van der Waals surface area (Å²) < 4.78 is 36.5. The van der Waals surface area contributed by atoms with E-state index in [1.807, 2.05) is 0 Å². The molecule has 5 heteroatoms. The molecule has 0 fully saturated rings. The van der Waals surface area contributed by atoms with Gasteiger partial charge in [0.05, 0.1) is 11.6 Å². The normalized spacial score (nSPS) is 12.3. The molecule has 0 heterocycles. The number of hydrogen-bond acceptors (Lipinski definition) is 2. The van der Waals surface area contributed by atoms with Gasteiger partial charge in [0.15, 0.2) is 0 Å².